The zero-order chi connectivity index (χ0) is 12.7. The molecule has 0 fully saturated rings. The molecular formula is C14H22FNO. The third-order valence-electron chi connectivity index (χ3n) is 2.99. The lowest BCUT2D eigenvalue weighted by Crippen LogP contribution is -2.29. The SMILES string of the molecule is CCOCCC(Cc1ccc(F)cc1C)NC. The molecule has 3 heteroatoms. The van der Waals surface area contributed by atoms with Gasteiger partial charge in [0.05, 0.1) is 0 Å². The predicted octanol–water partition coefficient (Wildman–Crippen LogP) is 2.69. The monoisotopic (exact) mass is 239 g/mol. The highest BCUT2D eigenvalue weighted by atomic mass is 19.1. The van der Waals surface area contributed by atoms with Gasteiger partial charge < -0.3 is 10.1 Å². The summed E-state index contributed by atoms with van der Waals surface area (Å²) < 4.78 is 18.3. The zero-order valence-electron chi connectivity index (χ0n) is 10.9. The number of likely N-dealkylation sites (N-methyl/N-ethyl adjacent to an activating group) is 1. The Morgan fingerprint density at radius 1 is 1.41 bits per heavy atom. The summed E-state index contributed by atoms with van der Waals surface area (Å²) in [5, 5.41) is 3.28. The molecule has 0 saturated heterocycles. The molecule has 0 amide bonds. The van der Waals surface area contributed by atoms with Crippen molar-refractivity contribution in [2.45, 2.75) is 32.7 Å². The average molecular weight is 239 g/mol. The molecule has 0 saturated carbocycles. The van der Waals surface area contributed by atoms with Gasteiger partial charge in [-0.3, -0.25) is 0 Å². The van der Waals surface area contributed by atoms with Crippen LogP contribution in [0.3, 0.4) is 0 Å². The minimum absolute atomic E-state index is 0.165. The van der Waals surface area contributed by atoms with Crippen LogP contribution in [0.1, 0.15) is 24.5 Å². The van der Waals surface area contributed by atoms with Gasteiger partial charge in [0.2, 0.25) is 0 Å². The maximum atomic E-state index is 13.0. The van der Waals surface area contributed by atoms with Crippen LogP contribution in [0.2, 0.25) is 0 Å². The molecule has 1 unspecified atom stereocenters. The van der Waals surface area contributed by atoms with Gasteiger partial charge in [0, 0.05) is 19.3 Å². The van der Waals surface area contributed by atoms with Gasteiger partial charge in [0.25, 0.3) is 0 Å². The standard InChI is InChI=1S/C14H22FNO/c1-4-17-8-7-14(16-3)10-12-5-6-13(15)9-11(12)2/h5-6,9,14,16H,4,7-8,10H2,1-3H3. The van der Waals surface area contributed by atoms with Crippen LogP contribution >= 0.6 is 0 Å². The number of rotatable bonds is 7. The molecule has 96 valence electrons. The normalized spacial score (nSPS) is 12.7. The molecule has 0 aliphatic heterocycles. The molecule has 0 heterocycles. The van der Waals surface area contributed by atoms with Crippen molar-refractivity contribution < 1.29 is 9.13 Å². The second-order valence-electron chi connectivity index (χ2n) is 4.25. The van der Waals surface area contributed by atoms with Gasteiger partial charge in [-0.05, 0) is 57.0 Å². The Kier molecular flexibility index (Phi) is 6.16. The number of halogens is 1. The highest BCUT2D eigenvalue weighted by Gasteiger charge is 2.09. The van der Waals surface area contributed by atoms with Gasteiger partial charge in [-0.1, -0.05) is 6.07 Å². The van der Waals surface area contributed by atoms with Crippen molar-refractivity contribution in [2.24, 2.45) is 0 Å². The third kappa shape index (κ3) is 4.84. The van der Waals surface area contributed by atoms with Crippen molar-refractivity contribution in [1.82, 2.24) is 5.32 Å². The lowest BCUT2D eigenvalue weighted by molar-refractivity contribution is 0.137. The smallest absolute Gasteiger partial charge is 0.123 e. The van der Waals surface area contributed by atoms with Gasteiger partial charge in [-0.2, -0.15) is 0 Å². The second-order valence-corrected chi connectivity index (χ2v) is 4.25. The summed E-state index contributed by atoms with van der Waals surface area (Å²) in [6.45, 7) is 5.47. The van der Waals surface area contributed by atoms with Crippen LogP contribution in [0.5, 0.6) is 0 Å². The summed E-state index contributed by atoms with van der Waals surface area (Å²) in [7, 11) is 1.95. The largest absolute Gasteiger partial charge is 0.382 e. The summed E-state index contributed by atoms with van der Waals surface area (Å²) in [5.41, 5.74) is 2.21. The Morgan fingerprint density at radius 3 is 2.76 bits per heavy atom. The van der Waals surface area contributed by atoms with Crippen molar-refractivity contribution in [3.05, 3.63) is 35.1 Å². The minimum atomic E-state index is -0.165. The first-order chi connectivity index (χ1) is 8.17. The lowest BCUT2D eigenvalue weighted by Gasteiger charge is -2.17. The minimum Gasteiger partial charge on any atom is -0.382 e. The lowest BCUT2D eigenvalue weighted by atomic mass is 9.99. The zero-order valence-corrected chi connectivity index (χ0v) is 10.9. The van der Waals surface area contributed by atoms with Crippen molar-refractivity contribution >= 4 is 0 Å². The van der Waals surface area contributed by atoms with E-state index < -0.39 is 0 Å². The second kappa shape index (κ2) is 7.41. The molecular weight excluding hydrogens is 217 g/mol. The van der Waals surface area contributed by atoms with E-state index in [1.54, 1.807) is 6.07 Å². The first-order valence-electron chi connectivity index (χ1n) is 6.17. The molecule has 0 spiro atoms. The van der Waals surface area contributed by atoms with Crippen LogP contribution in [0.15, 0.2) is 18.2 Å². The molecule has 0 aromatic heterocycles. The van der Waals surface area contributed by atoms with Gasteiger partial charge in [0.15, 0.2) is 0 Å². The fourth-order valence-electron chi connectivity index (χ4n) is 1.87. The Bertz CT molecular complexity index is 341. The molecule has 0 aliphatic rings. The fraction of sp³-hybridized carbons (Fsp3) is 0.571. The topological polar surface area (TPSA) is 21.3 Å². The molecule has 0 radical (unpaired) electrons. The Labute approximate surface area is 103 Å². The first kappa shape index (κ1) is 14.1. The molecule has 1 N–H and O–H groups in total. The average Bonchev–Trinajstić information content (AvgIpc) is 2.31. The maximum absolute atomic E-state index is 13.0. The Balaban J connectivity index is 2.54. The highest BCUT2D eigenvalue weighted by Crippen LogP contribution is 2.13. The van der Waals surface area contributed by atoms with E-state index in [2.05, 4.69) is 5.32 Å². The quantitative estimate of drug-likeness (QED) is 0.739. The Morgan fingerprint density at radius 2 is 2.18 bits per heavy atom. The van der Waals surface area contributed by atoms with E-state index in [4.69, 9.17) is 4.74 Å². The van der Waals surface area contributed by atoms with Crippen molar-refractivity contribution in [3.8, 4) is 0 Å². The van der Waals surface area contributed by atoms with E-state index in [0.29, 0.717) is 6.04 Å². The van der Waals surface area contributed by atoms with E-state index >= 15 is 0 Å². The summed E-state index contributed by atoms with van der Waals surface area (Å²) in [5.74, 6) is -0.165. The molecule has 1 aromatic carbocycles. The molecule has 1 aromatic rings. The molecule has 1 atom stereocenters. The van der Waals surface area contributed by atoms with Gasteiger partial charge in [-0.15, -0.1) is 0 Å². The molecule has 0 bridgehead atoms. The Hall–Kier alpha value is -0.930. The highest BCUT2D eigenvalue weighted by molar-refractivity contribution is 5.27. The van der Waals surface area contributed by atoms with Crippen LogP contribution < -0.4 is 5.32 Å². The van der Waals surface area contributed by atoms with Crippen molar-refractivity contribution in [2.75, 3.05) is 20.3 Å². The van der Waals surface area contributed by atoms with Gasteiger partial charge in [-0.25, -0.2) is 4.39 Å². The summed E-state index contributed by atoms with van der Waals surface area (Å²) >= 11 is 0. The number of hydrogen-bond donors (Lipinski definition) is 1. The van der Waals surface area contributed by atoms with E-state index in [-0.39, 0.29) is 5.82 Å². The van der Waals surface area contributed by atoms with Gasteiger partial charge in [0.1, 0.15) is 5.82 Å². The van der Waals surface area contributed by atoms with E-state index in [0.717, 1.165) is 31.6 Å². The van der Waals surface area contributed by atoms with Crippen LogP contribution in [-0.2, 0) is 11.2 Å². The van der Waals surface area contributed by atoms with Crippen LogP contribution in [0.4, 0.5) is 4.39 Å². The molecule has 2 nitrogen and oxygen atoms in total. The molecule has 0 aliphatic carbocycles. The summed E-state index contributed by atoms with van der Waals surface area (Å²) in [6, 6.07) is 5.36. The van der Waals surface area contributed by atoms with E-state index in [1.165, 1.54) is 11.6 Å². The van der Waals surface area contributed by atoms with E-state index in [1.807, 2.05) is 27.0 Å². The predicted molar refractivity (Wildman–Crippen MR) is 68.8 cm³/mol. The fourth-order valence-corrected chi connectivity index (χ4v) is 1.87. The van der Waals surface area contributed by atoms with Crippen LogP contribution in [0, 0.1) is 12.7 Å². The summed E-state index contributed by atoms with van der Waals surface area (Å²) in [6.07, 6.45) is 1.89. The maximum Gasteiger partial charge on any atom is 0.123 e. The molecule has 17 heavy (non-hydrogen) atoms. The van der Waals surface area contributed by atoms with Crippen molar-refractivity contribution in [3.63, 3.8) is 0 Å². The molecule has 1 rings (SSSR count). The van der Waals surface area contributed by atoms with Crippen molar-refractivity contribution in [1.29, 1.82) is 0 Å². The van der Waals surface area contributed by atoms with E-state index in [9.17, 15) is 4.39 Å². The first-order valence-corrected chi connectivity index (χ1v) is 6.17. The number of hydrogen-bond acceptors (Lipinski definition) is 2. The van der Waals surface area contributed by atoms with Crippen LogP contribution in [0.25, 0.3) is 0 Å². The third-order valence-corrected chi connectivity index (χ3v) is 2.99. The number of aryl methyl sites for hydroxylation is 1. The van der Waals surface area contributed by atoms with Gasteiger partial charge >= 0.3 is 0 Å². The number of nitrogens with one attached hydrogen (secondary N) is 1. The van der Waals surface area contributed by atoms with Crippen LogP contribution in [-0.4, -0.2) is 26.3 Å². The number of benzene rings is 1. The number of ether oxygens (including phenoxy) is 1. The summed E-state index contributed by atoms with van der Waals surface area (Å²) in [4.78, 5) is 0.